The van der Waals surface area contributed by atoms with Gasteiger partial charge < -0.3 is 19.8 Å². The zero-order valence-corrected chi connectivity index (χ0v) is 21.2. The van der Waals surface area contributed by atoms with E-state index in [4.69, 9.17) is 0 Å². The Balaban J connectivity index is 0.992. The van der Waals surface area contributed by atoms with Crippen molar-refractivity contribution < 1.29 is 0 Å². The summed E-state index contributed by atoms with van der Waals surface area (Å²) in [5, 5.41) is 0. The Morgan fingerprint density at radius 2 is 1.53 bits per heavy atom. The smallest absolute Gasteiger partial charge is 0.106 e. The number of likely N-dealkylation sites (tertiary alicyclic amines) is 2. The first-order valence-electron chi connectivity index (χ1n) is 14.2. The highest BCUT2D eigenvalue weighted by molar-refractivity contribution is 4.96. The minimum atomic E-state index is 0.599. The molecule has 6 nitrogen and oxygen atoms in total. The normalized spacial score (nSPS) is 22.3. The van der Waals surface area contributed by atoms with Gasteiger partial charge in [-0.05, 0) is 82.5 Å². The van der Waals surface area contributed by atoms with E-state index in [1.54, 1.807) is 0 Å². The molecule has 2 aliphatic heterocycles. The van der Waals surface area contributed by atoms with E-state index in [2.05, 4.69) is 29.7 Å². The number of aromatic nitrogens is 4. The van der Waals surface area contributed by atoms with Gasteiger partial charge in [-0.3, -0.25) is 0 Å². The standard InChI is InChI=1S/C28H46N6/c1-4-8-25(9-5-1)34-19-11-28(12-20-34)10-18-33(23-28)17-6-2-3-7-24(21-26-29-13-14-30-26)22-27-31-15-16-32-27/h13-16,24-25H,1-12,17-23H2,(H,29,30)(H,31,32). The third-order valence-electron chi connectivity index (χ3n) is 9.13. The molecule has 0 aromatic carbocycles. The van der Waals surface area contributed by atoms with Crippen LogP contribution in [0.4, 0.5) is 0 Å². The summed E-state index contributed by atoms with van der Waals surface area (Å²) >= 11 is 0. The van der Waals surface area contributed by atoms with Crippen LogP contribution in [-0.4, -0.2) is 68.5 Å². The molecule has 3 fully saturated rings. The maximum Gasteiger partial charge on any atom is 0.106 e. The summed E-state index contributed by atoms with van der Waals surface area (Å²) in [5.41, 5.74) is 0.641. The van der Waals surface area contributed by atoms with Crippen LogP contribution >= 0.6 is 0 Å². The predicted octanol–water partition coefficient (Wildman–Crippen LogP) is 5.22. The second kappa shape index (κ2) is 11.9. The molecule has 0 unspecified atom stereocenters. The maximum absolute atomic E-state index is 4.46. The molecule has 0 atom stereocenters. The summed E-state index contributed by atoms with van der Waals surface area (Å²) in [7, 11) is 0. The van der Waals surface area contributed by atoms with Crippen molar-refractivity contribution in [1.29, 1.82) is 0 Å². The van der Waals surface area contributed by atoms with E-state index in [1.807, 2.05) is 24.8 Å². The van der Waals surface area contributed by atoms with Crippen LogP contribution in [0.3, 0.4) is 0 Å². The van der Waals surface area contributed by atoms with Gasteiger partial charge in [0.1, 0.15) is 11.6 Å². The zero-order valence-electron chi connectivity index (χ0n) is 21.2. The molecule has 2 aromatic rings. The highest BCUT2D eigenvalue weighted by Gasteiger charge is 2.41. The van der Waals surface area contributed by atoms with Crippen molar-refractivity contribution in [1.82, 2.24) is 29.7 Å². The average molecular weight is 467 g/mol. The summed E-state index contributed by atoms with van der Waals surface area (Å²) in [5.74, 6) is 2.81. The number of aromatic amines is 2. The van der Waals surface area contributed by atoms with Crippen LogP contribution in [0, 0.1) is 11.3 Å². The molecule has 5 rings (SSSR count). The molecule has 1 saturated carbocycles. The molecular formula is C28H46N6. The predicted molar refractivity (Wildman–Crippen MR) is 138 cm³/mol. The van der Waals surface area contributed by atoms with Crippen LogP contribution in [0.1, 0.15) is 88.7 Å². The Morgan fingerprint density at radius 3 is 2.18 bits per heavy atom. The molecule has 1 aliphatic carbocycles. The number of H-pyrrole nitrogens is 2. The number of imidazole rings is 2. The quantitative estimate of drug-likeness (QED) is 0.446. The fraction of sp³-hybridized carbons (Fsp3) is 0.786. The van der Waals surface area contributed by atoms with E-state index in [9.17, 15) is 0 Å². The Morgan fingerprint density at radius 1 is 0.853 bits per heavy atom. The van der Waals surface area contributed by atoms with Crippen molar-refractivity contribution in [3.05, 3.63) is 36.4 Å². The lowest BCUT2D eigenvalue weighted by atomic mass is 9.77. The van der Waals surface area contributed by atoms with Crippen LogP contribution in [0.2, 0.25) is 0 Å². The van der Waals surface area contributed by atoms with Gasteiger partial charge in [-0.2, -0.15) is 0 Å². The molecule has 2 N–H and O–H groups in total. The van der Waals surface area contributed by atoms with Gasteiger partial charge in [-0.1, -0.05) is 32.1 Å². The molecule has 0 bridgehead atoms. The Hall–Kier alpha value is -1.66. The van der Waals surface area contributed by atoms with Crippen LogP contribution in [0.25, 0.3) is 0 Å². The molecule has 4 heterocycles. The average Bonchev–Trinajstić information content (AvgIpc) is 3.64. The van der Waals surface area contributed by atoms with Gasteiger partial charge in [0.2, 0.25) is 0 Å². The van der Waals surface area contributed by atoms with Crippen LogP contribution in [0.15, 0.2) is 24.8 Å². The Labute approximate surface area is 206 Å². The van der Waals surface area contributed by atoms with E-state index in [1.165, 1.54) is 110 Å². The van der Waals surface area contributed by atoms with Gasteiger partial charge >= 0.3 is 0 Å². The van der Waals surface area contributed by atoms with Gasteiger partial charge in [-0.25, -0.2) is 9.97 Å². The van der Waals surface area contributed by atoms with Crippen LogP contribution in [-0.2, 0) is 12.8 Å². The Kier molecular flexibility index (Phi) is 8.38. The van der Waals surface area contributed by atoms with E-state index in [0.29, 0.717) is 11.3 Å². The SMILES string of the molecule is c1c[nH]c(CC(CCCCCN2CCC3(CCN(C4CCCCC4)CC3)C2)Cc2ncc[nH]2)n1. The van der Waals surface area contributed by atoms with E-state index in [0.717, 1.165) is 30.5 Å². The van der Waals surface area contributed by atoms with Crippen molar-refractivity contribution in [2.24, 2.45) is 11.3 Å². The molecule has 34 heavy (non-hydrogen) atoms. The van der Waals surface area contributed by atoms with Crippen LogP contribution < -0.4 is 0 Å². The van der Waals surface area contributed by atoms with Crippen molar-refractivity contribution in [2.45, 2.75) is 95.9 Å². The first-order chi connectivity index (χ1) is 16.8. The van der Waals surface area contributed by atoms with Crippen molar-refractivity contribution in [3.8, 4) is 0 Å². The largest absolute Gasteiger partial charge is 0.349 e. The molecule has 1 spiro atoms. The molecule has 2 saturated heterocycles. The molecule has 3 aliphatic rings. The molecule has 2 aromatic heterocycles. The molecule has 0 radical (unpaired) electrons. The molecule has 0 amide bonds. The van der Waals surface area contributed by atoms with Crippen molar-refractivity contribution in [3.63, 3.8) is 0 Å². The fourth-order valence-corrected chi connectivity index (χ4v) is 7.02. The number of unbranched alkanes of at least 4 members (excludes halogenated alkanes) is 2. The molecule has 6 heteroatoms. The monoisotopic (exact) mass is 466 g/mol. The van der Waals surface area contributed by atoms with Gasteiger partial charge in [-0.15, -0.1) is 0 Å². The van der Waals surface area contributed by atoms with Gasteiger partial charge in [0, 0.05) is 50.2 Å². The Bertz CT molecular complexity index is 766. The van der Waals surface area contributed by atoms with Crippen LogP contribution in [0.5, 0.6) is 0 Å². The molecule has 188 valence electrons. The fourth-order valence-electron chi connectivity index (χ4n) is 7.02. The zero-order chi connectivity index (χ0) is 23.1. The second-order valence-corrected chi connectivity index (χ2v) is 11.5. The summed E-state index contributed by atoms with van der Waals surface area (Å²) in [4.78, 5) is 21.1. The summed E-state index contributed by atoms with van der Waals surface area (Å²) in [6, 6.07) is 0.910. The highest BCUT2D eigenvalue weighted by atomic mass is 15.2. The summed E-state index contributed by atoms with van der Waals surface area (Å²) < 4.78 is 0. The minimum Gasteiger partial charge on any atom is -0.349 e. The van der Waals surface area contributed by atoms with Crippen molar-refractivity contribution >= 4 is 0 Å². The number of hydrogen-bond acceptors (Lipinski definition) is 4. The van der Waals surface area contributed by atoms with E-state index >= 15 is 0 Å². The lowest BCUT2D eigenvalue weighted by molar-refractivity contribution is 0.0618. The third kappa shape index (κ3) is 6.51. The first kappa shape index (κ1) is 24.1. The highest BCUT2D eigenvalue weighted by Crippen LogP contribution is 2.41. The van der Waals surface area contributed by atoms with Gasteiger partial charge in [0.25, 0.3) is 0 Å². The van der Waals surface area contributed by atoms with E-state index < -0.39 is 0 Å². The maximum atomic E-state index is 4.46. The lowest BCUT2D eigenvalue weighted by Gasteiger charge is -2.44. The topological polar surface area (TPSA) is 63.8 Å². The summed E-state index contributed by atoms with van der Waals surface area (Å²) in [6.45, 7) is 6.74. The first-order valence-corrected chi connectivity index (χ1v) is 14.2. The number of hydrogen-bond donors (Lipinski definition) is 2. The van der Waals surface area contributed by atoms with Gasteiger partial charge in [0.15, 0.2) is 0 Å². The summed E-state index contributed by atoms with van der Waals surface area (Å²) in [6.07, 6.45) is 26.5. The second-order valence-electron chi connectivity index (χ2n) is 11.5. The molecular weight excluding hydrogens is 420 g/mol. The number of piperidine rings is 1. The number of nitrogens with one attached hydrogen (secondary N) is 2. The number of rotatable bonds is 11. The third-order valence-corrected chi connectivity index (χ3v) is 9.13. The minimum absolute atomic E-state index is 0.599. The van der Waals surface area contributed by atoms with E-state index in [-0.39, 0.29) is 0 Å². The van der Waals surface area contributed by atoms with Crippen molar-refractivity contribution in [2.75, 3.05) is 32.7 Å². The van der Waals surface area contributed by atoms with Gasteiger partial charge in [0.05, 0.1) is 0 Å². The number of nitrogens with zero attached hydrogens (tertiary/aromatic N) is 4. The lowest BCUT2D eigenvalue weighted by Crippen LogP contribution is -2.46.